The van der Waals surface area contributed by atoms with Gasteiger partial charge in [-0.05, 0) is 18.2 Å². The first-order valence-electron chi connectivity index (χ1n) is 3.56. The Morgan fingerprint density at radius 1 is 1.43 bits per heavy atom. The zero-order chi connectivity index (χ0) is 10.3. The van der Waals surface area contributed by atoms with E-state index in [2.05, 4.69) is 9.40 Å². The van der Waals surface area contributed by atoms with Gasteiger partial charge >= 0.3 is 6.14 Å². The SMILES string of the molecule is NS(=O)(=O)c1ccc2oc(F)nc2c1. The molecular weight excluding hydrogens is 211 g/mol. The van der Waals surface area contributed by atoms with Crippen molar-refractivity contribution in [3.05, 3.63) is 24.3 Å². The number of nitrogens with zero attached hydrogens (tertiary/aromatic N) is 1. The van der Waals surface area contributed by atoms with Crippen LogP contribution in [0.25, 0.3) is 11.1 Å². The van der Waals surface area contributed by atoms with Gasteiger partial charge in [-0.3, -0.25) is 0 Å². The van der Waals surface area contributed by atoms with Crippen molar-refractivity contribution in [2.45, 2.75) is 4.90 Å². The molecule has 2 rings (SSSR count). The molecule has 0 aliphatic heterocycles. The Hall–Kier alpha value is -1.47. The minimum Gasteiger partial charge on any atom is -0.415 e. The Morgan fingerprint density at radius 3 is 2.79 bits per heavy atom. The van der Waals surface area contributed by atoms with E-state index < -0.39 is 16.2 Å². The fourth-order valence-electron chi connectivity index (χ4n) is 1.06. The lowest BCUT2D eigenvalue weighted by molar-refractivity contribution is 0.355. The molecule has 1 aromatic heterocycles. The van der Waals surface area contributed by atoms with Crippen LogP contribution >= 0.6 is 0 Å². The lowest BCUT2D eigenvalue weighted by Crippen LogP contribution is -2.11. The van der Waals surface area contributed by atoms with Crippen molar-refractivity contribution in [2.75, 3.05) is 0 Å². The minimum absolute atomic E-state index is 0.119. The Labute approximate surface area is 78.4 Å². The average Bonchev–Trinajstić information content (AvgIpc) is 2.41. The van der Waals surface area contributed by atoms with Crippen LogP contribution in [0.15, 0.2) is 27.5 Å². The van der Waals surface area contributed by atoms with Crippen molar-refractivity contribution in [3.8, 4) is 0 Å². The number of primary sulfonamides is 1. The van der Waals surface area contributed by atoms with Crippen molar-refractivity contribution < 1.29 is 17.2 Å². The molecule has 5 nitrogen and oxygen atoms in total. The number of hydrogen-bond acceptors (Lipinski definition) is 4. The van der Waals surface area contributed by atoms with E-state index in [1.807, 2.05) is 0 Å². The molecule has 14 heavy (non-hydrogen) atoms. The zero-order valence-corrected chi connectivity index (χ0v) is 7.58. The van der Waals surface area contributed by atoms with Gasteiger partial charge in [0.2, 0.25) is 10.0 Å². The third-order valence-corrected chi connectivity index (χ3v) is 2.57. The Morgan fingerprint density at radius 2 is 2.14 bits per heavy atom. The highest BCUT2D eigenvalue weighted by Gasteiger charge is 2.11. The monoisotopic (exact) mass is 216 g/mol. The molecular formula is C7H5FN2O3S. The summed E-state index contributed by atoms with van der Waals surface area (Å²) in [6, 6.07) is 3.67. The van der Waals surface area contributed by atoms with Crippen LogP contribution in [0.1, 0.15) is 0 Å². The smallest absolute Gasteiger partial charge is 0.382 e. The molecule has 0 bridgehead atoms. The summed E-state index contributed by atoms with van der Waals surface area (Å²) in [5.41, 5.74) is 0.295. The van der Waals surface area contributed by atoms with E-state index in [0.29, 0.717) is 0 Å². The van der Waals surface area contributed by atoms with Gasteiger partial charge in [-0.15, -0.1) is 4.39 Å². The lowest BCUT2D eigenvalue weighted by atomic mass is 10.3. The number of oxazole rings is 1. The van der Waals surface area contributed by atoms with Crippen molar-refractivity contribution in [1.29, 1.82) is 0 Å². The summed E-state index contributed by atoms with van der Waals surface area (Å²) in [5.74, 6) is 0. The fraction of sp³-hybridized carbons (Fsp3) is 0. The number of aromatic nitrogens is 1. The van der Waals surface area contributed by atoms with Gasteiger partial charge in [0.1, 0.15) is 5.52 Å². The number of fused-ring (bicyclic) bond motifs is 1. The molecule has 0 spiro atoms. The topological polar surface area (TPSA) is 86.2 Å². The van der Waals surface area contributed by atoms with E-state index in [4.69, 9.17) is 5.14 Å². The molecule has 1 aromatic carbocycles. The number of halogens is 1. The van der Waals surface area contributed by atoms with E-state index in [1.165, 1.54) is 12.1 Å². The quantitative estimate of drug-likeness (QED) is 0.756. The van der Waals surface area contributed by atoms with E-state index in [0.717, 1.165) is 6.07 Å². The maximum absolute atomic E-state index is 12.5. The third kappa shape index (κ3) is 1.47. The Balaban J connectivity index is 2.74. The first-order chi connectivity index (χ1) is 6.47. The van der Waals surface area contributed by atoms with Crippen LogP contribution in [0.2, 0.25) is 0 Å². The van der Waals surface area contributed by atoms with E-state index >= 15 is 0 Å². The van der Waals surface area contributed by atoms with Gasteiger partial charge in [0.15, 0.2) is 5.58 Å². The first-order valence-corrected chi connectivity index (χ1v) is 5.10. The number of nitrogens with two attached hydrogens (primary N) is 1. The molecule has 0 saturated heterocycles. The standard InChI is InChI=1S/C7H5FN2O3S/c8-7-10-5-3-4(14(9,11)12)1-2-6(5)13-7/h1-3H,(H2,9,11,12). The van der Waals surface area contributed by atoms with Crippen LogP contribution in [0, 0.1) is 6.14 Å². The average molecular weight is 216 g/mol. The fourth-order valence-corrected chi connectivity index (χ4v) is 1.59. The van der Waals surface area contributed by atoms with Gasteiger partial charge in [0, 0.05) is 0 Å². The molecule has 2 aromatic rings. The van der Waals surface area contributed by atoms with E-state index in [-0.39, 0.29) is 16.0 Å². The van der Waals surface area contributed by atoms with Gasteiger partial charge in [-0.25, -0.2) is 13.6 Å². The lowest BCUT2D eigenvalue weighted by Gasteiger charge is -1.95. The van der Waals surface area contributed by atoms with Crippen LogP contribution in [0.5, 0.6) is 0 Å². The van der Waals surface area contributed by atoms with Gasteiger partial charge in [-0.2, -0.15) is 4.98 Å². The Bertz CT molecular complexity index is 590. The highest BCUT2D eigenvalue weighted by molar-refractivity contribution is 7.89. The molecule has 0 aliphatic rings. The molecule has 2 N–H and O–H groups in total. The number of rotatable bonds is 1. The molecule has 0 amide bonds. The van der Waals surface area contributed by atoms with Crippen molar-refractivity contribution in [2.24, 2.45) is 5.14 Å². The molecule has 0 radical (unpaired) electrons. The summed E-state index contributed by atoms with van der Waals surface area (Å²) in [6.45, 7) is 0. The van der Waals surface area contributed by atoms with Gasteiger partial charge < -0.3 is 4.42 Å². The number of hydrogen-bond donors (Lipinski definition) is 1. The maximum atomic E-state index is 12.5. The maximum Gasteiger partial charge on any atom is 0.382 e. The predicted molar refractivity (Wildman–Crippen MR) is 45.3 cm³/mol. The van der Waals surface area contributed by atoms with Gasteiger partial charge in [-0.1, -0.05) is 0 Å². The van der Waals surface area contributed by atoms with E-state index in [1.54, 1.807) is 0 Å². The predicted octanol–water partition coefficient (Wildman–Crippen LogP) is 0.614. The van der Waals surface area contributed by atoms with Gasteiger partial charge in [0.05, 0.1) is 4.90 Å². The number of benzene rings is 1. The molecule has 0 atom stereocenters. The highest BCUT2D eigenvalue weighted by Crippen LogP contribution is 2.18. The summed E-state index contributed by atoms with van der Waals surface area (Å²) >= 11 is 0. The summed E-state index contributed by atoms with van der Waals surface area (Å²) in [5, 5.41) is 4.87. The van der Waals surface area contributed by atoms with Crippen molar-refractivity contribution in [3.63, 3.8) is 0 Å². The third-order valence-electron chi connectivity index (χ3n) is 1.66. The number of sulfonamides is 1. The molecule has 7 heteroatoms. The first kappa shape index (κ1) is 9.10. The van der Waals surface area contributed by atoms with Crippen LogP contribution < -0.4 is 5.14 Å². The van der Waals surface area contributed by atoms with Crippen LogP contribution in [0.3, 0.4) is 0 Å². The zero-order valence-electron chi connectivity index (χ0n) is 6.77. The summed E-state index contributed by atoms with van der Waals surface area (Å²) in [7, 11) is -3.79. The van der Waals surface area contributed by atoms with Crippen molar-refractivity contribution >= 4 is 21.1 Å². The van der Waals surface area contributed by atoms with Gasteiger partial charge in [0.25, 0.3) is 0 Å². The molecule has 74 valence electrons. The molecule has 0 unspecified atom stereocenters. The molecule has 0 aliphatic carbocycles. The van der Waals surface area contributed by atoms with Crippen LogP contribution in [-0.2, 0) is 10.0 Å². The summed E-state index contributed by atoms with van der Waals surface area (Å²) < 4.78 is 38.8. The summed E-state index contributed by atoms with van der Waals surface area (Å²) in [6.07, 6.45) is -1.01. The van der Waals surface area contributed by atoms with Crippen LogP contribution in [-0.4, -0.2) is 13.4 Å². The minimum atomic E-state index is -3.79. The second-order valence-corrected chi connectivity index (χ2v) is 4.20. The highest BCUT2D eigenvalue weighted by atomic mass is 32.2. The molecule has 0 saturated carbocycles. The van der Waals surface area contributed by atoms with E-state index in [9.17, 15) is 12.8 Å². The summed E-state index contributed by atoms with van der Waals surface area (Å²) in [4.78, 5) is 3.21. The van der Waals surface area contributed by atoms with Crippen molar-refractivity contribution in [1.82, 2.24) is 4.98 Å². The Kier molecular flexibility index (Phi) is 1.79. The normalized spacial score (nSPS) is 12.1. The molecule has 0 fully saturated rings. The van der Waals surface area contributed by atoms with Crippen LogP contribution in [0.4, 0.5) is 4.39 Å². The second-order valence-electron chi connectivity index (χ2n) is 2.64. The molecule has 1 heterocycles. The second kappa shape index (κ2) is 2.76. The largest absolute Gasteiger partial charge is 0.415 e.